The third-order valence-corrected chi connectivity index (χ3v) is 2.64. The molecule has 0 aliphatic rings. The average molecular weight is 338 g/mol. The van der Waals surface area contributed by atoms with Gasteiger partial charge in [0.15, 0.2) is 6.61 Å². The van der Waals surface area contributed by atoms with Crippen LogP contribution < -0.4 is 15.4 Å². The van der Waals surface area contributed by atoms with Gasteiger partial charge in [-0.1, -0.05) is 15.9 Å². The summed E-state index contributed by atoms with van der Waals surface area (Å²) in [6.07, 6.45) is 0.917. The molecule has 0 bridgehead atoms. The smallest absolute Gasteiger partial charge is 0.257 e. The second-order valence-electron chi connectivity index (χ2n) is 3.55. The van der Waals surface area contributed by atoms with Crippen LogP contribution in [0, 0.1) is 0 Å². The zero-order valence-corrected chi connectivity index (χ0v) is 12.6. The molecule has 0 saturated carbocycles. The number of nitrogens with one attached hydrogen (secondary N) is 2. The van der Waals surface area contributed by atoms with Gasteiger partial charge in [-0.2, -0.15) is 0 Å². The Morgan fingerprint density at radius 3 is 2.56 bits per heavy atom. The number of ether oxygens (including phenoxy) is 1. The van der Waals surface area contributed by atoms with Gasteiger partial charge in [-0.05, 0) is 44.3 Å². The van der Waals surface area contributed by atoms with Crippen molar-refractivity contribution in [3.63, 3.8) is 0 Å². The summed E-state index contributed by atoms with van der Waals surface area (Å²) >= 11 is 3.33. The van der Waals surface area contributed by atoms with Gasteiger partial charge in [0.25, 0.3) is 5.91 Å². The number of halogens is 2. The van der Waals surface area contributed by atoms with E-state index in [2.05, 4.69) is 26.6 Å². The molecule has 0 aliphatic heterocycles. The van der Waals surface area contributed by atoms with E-state index < -0.39 is 0 Å². The maximum Gasteiger partial charge on any atom is 0.257 e. The standard InChI is InChI=1S/C12H17BrN2O2.ClH/c1-14-7-2-8-15-12(16)9-17-11-5-3-10(13)4-6-11;/h3-6,14H,2,7-9H2,1H3,(H,15,16);1H. The SMILES string of the molecule is CNCCCNC(=O)COc1ccc(Br)cc1.Cl. The predicted octanol–water partition coefficient (Wildman–Crippen LogP) is 1.98. The Labute approximate surface area is 122 Å². The van der Waals surface area contributed by atoms with Crippen molar-refractivity contribution < 1.29 is 9.53 Å². The zero-order valence-electron chi connectivity index (χ0n) is 10.2. The molecule has 4 nitrogen and oxygen atoms in total. The van der Waals surface area contributed by atoms with Gasteiger partial charge in [0, 0.05) is 11.0 Å². The molecule has 0 heterocycles. The molecule has 0 unspecified atom stereocenters. The van der Waals surface area contributed by atoms with Gasteiger partial charge < -0.3 is 15.4 Å². The molecular formula is C12H18BrClN2O2. The van der Waals surface area contributed by atoms with E-state index in [4.69, 9.17) is 4.74 Å². The van der Waals surface area contributed by atoms with Crippen molar-refractivity contribution in [2.45, 2.75) is 6.42 Å². The first-order valence-corrected chi connectivity index (χ1v) is 6.31. The van der Waals surface area contributed by atoms with Gasteiger partial charge in [0.2, 0.25) is 0 Å². The van der Waals surface area contributed by atoms with Crippen LogP contribution in [0.5, 0.6) is 5.75 Å². The van der Waals surface area contributed by atoms with E-state index in [0.29, 0.717) is 12.3 Å². The first-order valence-electron chi connectivity index (χ1n) is 5.52. The minimum Gasteiger partial charge on any atom is -0.484 e. The molecule has 2 N–H and O–H groups in total. The summed E-state index contributed by atoms with van der Waals surface area (Å²) in [5, 5.41) is 5.80. The fraction of sp³-hybridized carbons (Fsp3) is 0.417. The van der Waals surface area contributed by atoms with E-state index in [-0.39, 0.29) is 24.9 Å². The summed E-state index contributed by atoms with van der Waals surface area (Å²) < 4.78 is 6.32. The Hall–Kier alpha value is -0.780. The van der Waals surface area contributed by atoms with Crippen molar-refractivity contribution in [1.29, 1.82) is 0 Å². The highest BCUT2D eigenvalue weighted by molar-refractivity contribution is 9.10. The molecule has 0 atom stereocenters. The van der Waals surface area contributed by atoms with Crippen molar-refractivity contribution in [2.75, 3.05) is 26.7 Å². The number of carbonyl (C=O) groups is 1. The molecule has 18 heavy (non-hydrogen) atoms. The van der Waals surface area contributed by atoms with Gasteiger partial charge in [-0.3, -0.25) is 4.79 Å². The predicted molar refractivity (Wildman–Crippen MR) is 78.4 cm³/mol. The second-order valence-corrected chi connectivity index (χ2v) is 4.47. The molecule has 6 heteroatoms. The number of rotatable bonds is 7. The Kier molecular flexibility index (Phi) is 9.73. The molecule has 102 valence electrons. The number of amides is 1. The summed E-state index contributed by atoms with van der Waals surface area (Å²) in [5.41, 5.74) is 0. The van der Waals surface area contributed by atoms with E-state index in [1.165, 1.54) is 0 Å². The summed E-state index contributed by atoms with van der Waals surface area (Å²) in [6, 6.07) is 7.39. The lowest BCUT2D eigenvalue weighted by Crippen LogP contribution is -2.30. The van der Waals surface area contributed by atoms with Crippen LogP contribution in [0.4, 0.5) is 0 Å². The lowest BCUT2D eigenvalue weighted by molar-refractivity contribution is -0.123. The zero-order chi connectivity index (χ0) is 12.5. The van der Waals surface area contributed by atoms with Crippen LogP contribution in [0.2, 0.25) is 0 Å². The molecule has 0 fully saturated rings. The van der Waals surface area contributed by atoms with Crippen LogP contribution in [0.3, 0.4) is 0 Å². The van der Waals surface area contributed by atoms with Gasteiger partial charge in [0.05, 0.1) is 0 Å². The summed E-state index contributed by atoms with van der Waals surface area (Å²) in [5.74, 6) is 0.600. The Morgan fingerprint density at radius 1 is 1.28 bits per heavy atom. The highest BCUT2D eigenvalue weighted by atomic mass is 79.9. The molecule has 1 aromatic carbocycles. The molecular weight excluding hydrogens is 320 g/mol. The van der Waals surface area contributed by atoms with Crippen LogP contribution in [-0.2, 0) is 4.79 Å². The molecule has 0 saturated heterocycles. The van der Waals surface area contributed by atoms with E-state index >= 15 is 0 Å². The molecule has 0 aliphatic carbocycles. The van der Waals surface area contributed by atoms with Crippen molar-refractivity contribution in [3.8, 4) is 5.75 Å². The van der Waals surface area contributed by atoms with E-state index in [1.807, 2.05) is 31.3 Å². The van der Waals surface area contributed by atoms with Crippen molar-refractivity contribution in [1.82, 2.24) is 10.6 Å². The minimum atomic E-state index is -0.0935. The highest BCUT2D eigenvalue weighted by Gasteiger charge is 2.01. The fourth-order valence-corrected chi connectivity index (χ4v) is 1.49. The molecule has 1 rings (SSSR count). The van der Waals surface area contributed by atoms with E-state index in [1.54, 1.807) is 0 Å². The van der Waals surface area contributed by atoms with Crippen molar-refractivity contribution in [2.24, 2.45) is 0 Å². The second kappa shape index (κ2) is 10.2. The molecule has 0 aromatic heterocycles. The topological polar surface area (TPSA) is 50.4 Å². The van der Waals surface area contributed by atoms with Gasteiger partial charge >= 0.3 is 0 Å². The average Bonchev–Trinajstić information content (AvgIpc) is 2.34. The molecule has 1 amide bonds. The Balaban J connectivity index is 0.00000289. The summed E-state index contributed by atoms with van der Waals surface area (Å²) in [4.78, 5) is 11.4. The van der Waals surface area contributed by atoms with Crippen molar-refractivity contribution in [3.05, 3.63) is 28.7 Å². The maximum atomic E-state index is 11.4. The normalized spacial score (nSPS) is 9.44. The number of hydrogen-bond donors (Lipinski definition) is 2. The monoisotopic (exact) mass is 336 g/mol. The maximum absolute atomic E-state index is 11.4. The third-order valence-electron chi connectivity index (χ3n) is 2.11. The van der Waals surface area contributed by atoms with Crippen LogP contribution in [0.25, 0.3) is 0 Å². The van der Waals surface area contributed by atoms with Gasteiger partial charge in [-0.15, -0.1) is 12.4 Å². The molecule has 0 spiro atoms. The van der Waals surface area contributed by atoms with Crippen LogP contribution in [0.15, 0.2) is 28.7 Å². The van der Waals surface area contributed by atoms with Crippen molar-refractivity contribution >= 4 is 34.2 Å². The Bertz CT molecular complexity index is 346. The van der Waals surface area contributed by atoms with E-state index in [0.717, 1.165) is 17.4 Å². The highest BCUT2D eigenvalue weighted by Crippen LogP contribution is 2.15. The van der Waals surface area contributed by atoms with Crippen LogP contribution in [0.1, 0.15) is 6.42 Å². The quantitative estimate of drug-likeness (QED) is 0.748. The van der Waals surface area contributed by atoms with Gasteiger partial charge in [0.1, 0.15) is 5.75 Å². The lowest BCUT2D eigenvalue weighted by atomic mass is 10.3. The number of carbonyl (C=O) groups excluding carboxylic acids is 1. The van der Waals surface area contributed by atoms with Crippen LogP contribution in [-0.4, -0.2) is 32.7 Å². The van der Waals surface area contributed by atoms with Crippen LogP contribution >= 0.6 is 28.3 Å². The largest absolute Gasteiger partial charge is 0.484 e. The van der Waals surface area contributed by atoms with Gasteiger partial charge in [-0.25, -0.2) is 0 Å². The summed E-state index contributed by atoms with van der Waals surface area (Å²) in [6.45, 7) is 1.62. The van der Waals surface area contributed by atoms with E-state index in [9.17, 15) is 4.79 Å². The first-order chi connectivity index (χ1) is 8.22. The molecule has 1 aromatic rings. The minimum absolute atomic E-state index is 0. The lowest BCUT2D eigenvalue weighted by Gasteiger charge is -2.07. The number of hydrogen-bond acceptors (Lipinski definition) is 3. The Morgan fingerprint density at radius 2 is 1.94 bits per heavy atom. The molecule has 0 radical (unpaired) electrons. The first kappa shape index (κ1) is 17.2. The third kappa shape index (κ3) is 7.53. The fourth-order valence-electron chi connectivity index (χ4n) is 1.22. The summed E-state index contributed by atoms with van der Waals surface area (Å²) in [7, 11) is 1.89. The number of benzene rings is 1.